The van der Waals surface area contributed by atoms with Crippen LogP contribution >= 0.6 is 0 Å². The smallest absolute Gasteiger partial charge is 0.238 e. The second-order valence-electron chi connectivity index (χ2n) is 8.42. The van der Waals surface area contributed by atoms with Crippen molar-refractivity contribution >= 4 is 21.6 Å². The van der Waals surface area contributed by atoms with Crippen molar-refractivity contribution < 1.29 is 13.2 Å². The Morgan fingerprint density at radius 1 is 1.06 bits per heavy atom. The van der Waals surface area contributed by atoms with E-state index < -0.39 is 10.0 Å². The minimum absolute atomic E-state index is 0.0350. The Bertz CT molecular complexity index is 1290. The van der Waals surface area contributed by atoms with Gasteiger partial charge in [0.1, 0.15) is 0 Å². The molecule has 5 rings (SSSR count). The van der Waals surface area contributed by atoms with Gasteiger partial charge in [-0.15, -0.1) is 0 Å². The summed E-state index contributed by atoms with van der Waals surface area (Å²) in [6, 6.07) is 16.9. The number of sulfonamides is 1. The van der Waals surface area contributed by atoms with Gasteiger partial charge in [0, 0.05) is 35.8 Å². The third-order valence-electron chi connectivity index (χ3n) is 6.32. The number of carbonyl (C=O) groups is 1. The topological polar surface area (TPSA) is 93.4 Å². The molecule has 31 heavy (non-hydrogen) atoms. The summed E-state index contributed by atoms with van der Waals surface area (Å²) < 4.78 is 23.6. The quantitative estimate of drug-likeness (QED) is 0.686. The van der Waals surface area contributed by atoms with Crippen LogP contribution in [-0.4, -0.2) is 25.9 Å². The zero-order valence-electron chi connectivity index (χ0n) is 17.2. The summed E-state index contributed by atoms with van der Waals surface area (Å²) in [7, 11) is -3.83. The van der Waals surface area contributed by atoms with Crippen LogP contribution in [0.1, 0.15) is 29.5 Å². The molecule has 0 bridgehead atoms. The van der Waals surface area contributed by atoms with E-state index in [9.17, 15) is 13.2 Å². The molecule has 0 radical (unpaired) electrons. The van der Waals surface area contributed by atoms with Crippen molar-refractivity contribution in [2.75, 3.05) is 11.4 Å². The summed E-state index contributed by atoms with van der Waals surface area (Å²) in [5.74, 6) is 0.0195. The fraction of sp³-hybridized carbons (Fsp3) is 0.250. The predicted molar refractivity (Wildman–Crippen MR) is 119 cm³/mol. The summed E-state index contributed by atoms with van der Waals surface area (Å²) >= 11 is 0. The summed E-state index contributed by atoms with van der Waals surface area (Å²) in [4.78, 5) is 19.7. The number of primary sulfonamides is 1. The lowest BCUT2D eigenvalue weighted by Crippen LogP contribution is -2.35. The normalized spacial score (nSPS) is 19.9. The number of hydrogen-bond acceptors (Lipinski definition) is 4. The van der Waals surface area contributed by atoms with E-state index in [4.69, 9.17) is 5.14 Å². The maximum Gasteiger partial charge on any atom is 0.238 e. The van der Waals surface area contributed by atoms with Gasteiger partial charge in [0.25, 0.3) is 0 Å². The van der Waals surface area contributed by atoms with Gasteiger partial charge in [-0.2, -0.15) is 0 Å². The molecule has 0 saturated carbocycles. The van der Waals surface area contributed by atoms with E-state index in [0.29, 0.717) is 25.1 Å². The monoisotopic (exact) mass is 433 g/mol. The lowest BCUT2D eigenvalue weighted by molar-refractivity contribution is -0.122. The SMILES string of the molecule is CC1CN(C(=O)[C@H]2Cc3ccc(-c4ccccn4)cc3C2)c2cc(S(N)(=O)=O)ccc21. The molecule has 1 amide bonds. The van der Waals surface area contributed by atoms with Crippen LogP contribution in [-0.2, 0) is 27.7 Å². The minimum Gasteiger partial charge on any atom is -0.311 e. The van der Waals surface area contributed by atoms with Crippen LogP contribution in [0.2, 0.25) is 0 Å². The fourth-order valence-electron chi connectivity index (χ4n) is 4.74. The average Bonchev–Trinajstić information content (AvgIpc) is 3.33. The molecule has 0 spiro atoms. The predicted octanol–water partition coefficient (Wildman–Crippen LogP) is 3.26. The van der Waals surface area contributed by atoms with Gasteiger partial charge in [0.15, 0.2) is 0 Å². The highest BCUT2D eigenvalue weighted by molar-refractivity contribution is 7.89. The molecule has 1 aromatic heterocycles. The summed E-state index contributed by atoms with van der Waals surface area (Å²) in [5, 5.41) is 5.31. The lowest BCUT2D eigenvalue weighted by atomic mass is 10.0. The van der Waals surface area contributed by atoms with Gasteiger partial charge in [-0.25, -0.2) is 13.6 Å². The number of aromatic nitrogens is 1. The molecule has 2 aliphatic rings. The van der Waals surface area contributed by atoms with E-state index in [1.54, 1.807) is 17.2 Å². The van der Waals surface area contributed by atoms with E-state index in [2.05, 4.69) is 23.2 Å². The van der Waals surface area contributed by atoms with E-state index in [1.165, 1.54) is 23.3 Å². The third-order valence-corrected chi connectivity index (χ3v) is 7.23. The Balaban J connectivity index is 1.42. The standard InChI is InChI=1S/C24H23N3O3S/c1-15-14-27(23-13-20(31(25,29)30)7-8-21(15)23)24(28)19-10-16-5-6-17(11-18(16)12-19)22-4-2-3-9-26-22/h2-9,11,13,15,19H,10,12,14H2,1H3,(H2,25,29,30)/t15?,19-/m0/s1. The van der Waals surface area contributed by atoms with Crippen molar-refractivity contribution in [3.05, 3.63) is 77.5 Å². The number of amides is 1. The Morgan fingerprint density at radius 2 is 1.87 bits per heavy atom. The van der Waals surface area contributed by atoms with Crippen molar-refractivity contribution in [1.82, 2.24) is 4.98 Å². The number of rotatable bonds is 3. The van der Waals surface area contributed by atoms with Crippen molar-refractivity contribution in [3.8, 4) is 11.3 Å². The number of fused-ring (bicyclic) bond motifs is 2. The maximum absolute atomic E-state index is 13.5. The first kappa shape index (κ1) is 19.9. The first-order chi connectivity index (χ1) is 14.8. The second kappa shape index (κ2) is 7.28. The van der Waals surface area contributed by atoms with E-state index >= 15 is 0 Å². The molecule has 0 fully saturated rings. The maximum atomic E-state index is 13.5. The first-order valence-electron chi connectivity index (χ1n) is 10.3. The van der Waals surface area contributed by atoms with E-state index in [1.807, 2.05) is 25.1 Å². The Hall–Kier alpha value is -3.03. The third kappa shape index (κ3) is 3.54. The number of hydrogen-bond donors (Lipinski definition) is 1. The van der Waals surface area contributed by atoms with Crippen LogP contribution in [0.5, 0.6) is 0 Å². The minimum atomic E-state index is -3.83. The molecule has 3 aromatic rings. The van der Waals surface area contributed by atoms with Crippen LogP contribution in [0.15, 0.2) is 65.7 Å². The van der Waals surface area contributed by atoms with Crippen molar-refractivity contribution in [2.24, 2.45) is 11.1 Å². The molecule has 6 nitrogen and oxygen atoms in total. The summed E-state index contributed by atoms with van der Waals surface area (Å²) in [6.45, 7) is 2.60. The van der Waals surface area contributed by atoms with Crippen molar-refractivity contribution in [3.63, 3.8) is 0 Å². The Morgan fingerprint density at radius 3 is 2.61 bits per heavy atom. The van der Waals surface area contributed by atoms with Gasteiger partial charge in [-0.05, 0) is 59.9 Å². The number of nitrogens with zero attached hydrogens (tertiary/aromatic N) is 2. The number of nitrogens with two attached hydrogens (primary N) is 1. The van der Waals surface area contributed by atoms with Crippen LogP contribution in [0.4, 0.5) is 5.69 Å². The molecule has 2 N–H and O–H groups in total. The van der Waals surface area contributed by atoms with Crippen molar-refractivity contribution in [1.29, 1.82) is 0 Å². The Kier molecular flexibility index (Phi) is 4.68. The number of benzene rings is 2. The zero-order valence-corrected chi connectivity index (χ0v) is 18.0. The zero-order chi connectivity index (χ0) is 21.8. The molecule has 0 saturated heterocycles. The molecule has 1 aliphatic carbocycles. The number of pyridine rings is 1. The highest BCUT2D eigenvalue weighted by atomic mass is 32.2. The number of anilines is 1. The van der Waals surface area contributed by atoms with Crippen LogP contribution in [0, 0.1) is 5.92 Å². The highest BCUT2D eigenvalue weighted by Crippen LogP contribution is 2.40. The molecular weight excluding hydrogens is 410 g/mol. The Labute approximate surface area is 181 Å². The van der Waals surface area contributed by atoms with Crippen LogP contribution in [0.3, 0.4) is 0 Å². The van der Waals surface area contributed by atoms with Gasteiger partial charge in [0.05, 0.1) is 10.6 Å². The fourth-order valence-corrected chi connectivity index (χ4v) is 5.27. The van der Waals surface area contributed by atoms with Gasteiger partial charge in [0.2, 0.25) is 15.9 Å². The van der Waals surface area contributed by atoms with E-state index in [0.717, 1.165) is 16.8 Å². The largest absolute Gasteiger partial charge is 0.311 e. The average molecular weight is 434 g/mol. The number of carbonyl (C=O) groups excluding carboxylic acids is 1. The molecule has 2 aromatic carbocycles. The van der Waals surface area contributed by atoms with Gasteiger partial charge < -0.3 is 4.90 Å². The van der Waals surface area contributed by atoms with Gasteiger partial charge in [-0.3, -0.25) is 9.78 Å². The molecule has 1 unspecified atom stereocenters. The lowest BCUT2D eigenvalue weighted by Gasteiger charge is -2.22. The molecule has 7 heteroatoms. The van der Waals surface area contributed by atoms with Crippen LogP contribution in [0.25, 0.3) is 11.3 Å². The molecule has 2 heterocycles. The molecular formula is C24H23N3O3S. The second-order valence-corrected chi connectivity index (χ2v) is 9.98. The summed E-state index contributed by atoms with van der Waals surface area (Å²) in [5.41, 5.74) is 5.96. The van der Waals surface area contributed by atoms with Crippen LogP contribution < -0.4 is 10.0 Å². The molecule has 1 aliphatic heterocycles. The van der Waals surface area contributed by atoms with Crippen molar-refractivity contribution in [2.45, 2.75) is 30.6 Å². The van der Waals surface area contributed by atoms with E-state index in [-0.39, 0.29) is 22.6 Å². The summed E-state index contributed by atoms with van der Waals surface area (Å²) in [6.07, 6.45) is 3.13. The first-order valence-corrected chi connectivity index (χ1v) is 11.9. The highest BCUT2D eigenvalue weighted by Gasteiger charge is 2.37. The van der Waals surface area contributed by atoms with Gasteiger partial charge in [-0.1, -0.05) is 31.2 Å². The van der Waals surface area contributed by atoms with Gasteiger partial charge >= 0.3 is 0 Å². The molecule has 2 atom stereocenters. The molecule has 158 valence electrons.